The van der Waals surface area contributed by atoms with Crippen molar-refractivity contribution in [2.45, 2.75) is 23.5 Å². The molecule has 1 aliphatic rings. The van der Waals surface area contributed by atoms with E-state index in [1.807, 2.05) is 18.7 Å². The molecule has 0 bridgehead atoms. The van der Waals surface area contributed by atoms with Crippen molar-refractivity contribution in [2.24, 2.45) is 0 Å². The number of nitrogens with two attached hydrogens (primary N) is 1. The summed E-state index contributed by atoms with van der Waals surface area (Å²) in [6.45, 7) is 2.03. The Morgan fingerprint density at radius 1 is 1.47 bits per heavy atom. The second-order valence-corrected chi connectivity index (χ2v) is 6.66. The van der Waals surface area contributed by atoms with E-state index >= 15 is 0 Å². The van der Waals surface area contributed by atoms with E-state index in [9.17, 15) is 0 Å². The number of aromatic nitrogens is 1. The number of hydrogen-bond acceptors (Lipinski definition) is 4. The number of thioether (sulfide) groups is 1. The van der Waals surface area contributed by atoms with Gasteiger partial charge >= 0.3 is 0 Å². The van der Waals surface area contributed by atoms with Crippen LogP contribution in [0.3, 0.4) is 0 Å². The first kappa shape index (κ1) is 11.1. The van der Waals surface area contributed by atoms with Gasteiger partial charge in [-0.05, 0) is 30.4 Å². The molecule has 1 aromatic carbocycles. The normalized spacial score (nSPS) is 17.6. The average Bonchev–Trinajstić information content (AvgIpc) is 2.59. The van der Waals surface area contributed by atoms with Gasteiger partial charge in [0, 0.05) is 5.75 Å². The molecule has 17 heavy (non-hydrogen) atoms. The van der Waals surface area contributed by atoms with Gasteiger partial charge in [-0.1, -0.05) is 35.6 Å². The van der Waals surface area contributed by atoms with Crippen LogP contribution in [0.15, 0.2) is 28.5 Å². The summed E-state index contributed by atoms with van der Waals surface area (Å²) in [5.41, 5.74) is 9.81. The highest BCUT2D eigenvalue weighted by molar-refractivity contribution is 8.01. The number of rotatable bonds is 3. The SMILES string of the molecule is Cc1nc(N)sc1SCC1Cc2ccccc21. The second kappa shape index (κ2) is 4.35. The van der Waals surface area contributed by atoms with E-state index in [0.717, 1.165) is 11.4 Å². The quantitative estimate of drug-likeness (QED) is 0.861. The minimum absolute atomic E-state index is 0.680. The topological polar surface area (TPSA) is 38.9 Å². The first-order valence-electron chi connectivity index (χ1n) is 5.67. The fraction of sp³-hybridized carbons (Fsp3) is 0.308. The van der Waals surface area contributed by atoms with Crippen molar-refractivity contribution in [1.82, 2.24) is 4.98 Å². The lowest BCUT2D eigenvalue weighted by Gasteiger charge is -2.29. The molecule has 0 amide bonds. The van der Waals surface area contributed by atoms with Crippen molar-refractivity contribution in [3.05, 3.63) is 41.1 Å². The van der Waals surface area contributed by atoms with E-state index in [4.69, 9.17) is 5.73 Å². The van der Waals surface area contributed by atoms with Gasteiger partial charge in [0.15, 0.2) is 5.13 Å². The van der Waals surface area contributed by atoms with E-state index in [-0.39, 0.29) is 0 Å². The largest absolute Gasteiger partial charge is 0.375 e. The maximum Gasteiger partial charge on any atom is 0.181 e. The molecular weight excluding hydrogens is 248 g/mol. The predicted octanol–water partition coefficient (Wildman–Crippen LogP) is 3.47. The van der Waals surface area contributed by atoms with Gasteiger partial charge in [-0.15, -0.1) is 11.8 Å². The van der Waals surface area contributed by atoms with Gasteiger partial charge in [0.25, 0.3) is 0 Å². The van der Waals surface area contributed by atoms with Crippen LogP contribution in [0.25, 0.3) is 0 Å². The van der Waals surface area contributed by atoms with Crippen LogP contribution in [0.1, 0.15) is 22.7 Å². The molecule has 0 saturated heterocycles. The van der Waals surface area contributed by atoms with Gasteiger partial charge in [0.1, 0.15) is 0 Å². The number of hydrogen-bond donors (Lipinski definition) is 1. The average molecular weight is 262 g/mol. The summed E-state index contributed by atoms with van der Waals surface area (Å²) < 4.78 is 1.27. The van der Waals surface area contributed by atoms with E-state index in [1.54, 1.807) is 11.3 Å². The minimum Gasteiger partial charge on any atom is -0.375 e. The third kappa shape index (κ3) is 2.07. The van der Waals surface area contributed by atoms with Crippen LogP contribution < -0.4 is 5.73 Å². The van der Waals surface area contributed by atoms with Crippen molar-refractivity contribution in [2.75, 3.05) is 11.5 Å². The number of aryl methyl sites for hydroxylation is 1. The minimum atomic E-state index is 0.680. The molecule has 1 aromatic heterocycles. The highest BCUT2D eigenvalue weighted by Gasteiger charge is 2.25. The zero-order chi connectivity index (χ0) is 11.8. The second-order valence-electron chi connectivity index (χ2n) is 4.34. The number of anilines is 1. The van der Waals surface area contributed by atoms with E-state index < -0.39 is 0 Å². The zero-order valence-electron chi connectivity index (χ0n) is 9.64. The molecule has 4 heteroatoms. The van der Waals surface area contributed by atoms with Crippen LogP contribution in [-0.2, 0) is 6.42 Å². The van der Waals surface area contributed by atoms with Gasteiger partial charge < -0.3 is 5.73 Å². The molecule has 0 radical (unpaired) electrons. The Morgan fingerprint density at radius 2 is 2.29 bits per heavy atom. The van der Waals surface area contributed by atoms with Crippen molar-refractivity contribution in [3.63, 3.8) is 0 Å². The Hall–Kier alpha value is -1.00. The molecule has 0 aliphatic heterocycles. The summed E-state index contributed by atoms with van der Waals surface area (Å²) in [6, 6.07) is 8.73. The summed E-state index contributed by atoms with van der Waals surface area (Å²) >= 11 is 3.49. The standard InChI is InChI=1S/C13H14N2S2/c1-8-12(17-13(14)15-8)16-7-10-6-9-4-2-3-5-11(9)10/h2-5,10H,6-7H2,1H3,(H2,14,15). The van der Waals surface area contributed by atoms with Crippen LogP contribution in [0.4, 0.5) is 5.13 Å². The summed E-state index contributed by atoms with van der Waals surface area (Å²) in [4.78, 5) is 4.25. The Kier molecular flexibility index (Phi) is 2.84. The molecule has 3 rings (SSSR count). The molecule has 2 N–H and O–H groups in total. The molecule has 0 fully saturated rings. The van der Waals surface area contributed by atoms with Crippen molar-refractivity contribution >= 4 is 28.2 Å². The predicted molar refractivity (Wildman–Crippen MR) is 74.9 cm³/mol. The Balaban J connectivity index is 1.66. The molecule has 1 heterocycles. The lowest BCUT2D eigenvalue weighted by molar-refractivity contribution is 0.677. The number of thiazole rings is 1. The summed E-state index contributed by atoms with van der Waals surface area (Å²) in [5.74, 6) is 1.85. The molecule has 0 spiro atoms. The van der Waals surface area contributed by atoms with Crippen molar-refractivity contribution in [3.8, 4) is 0 Å². The Labute approximate surface area is 109 Å². The van der Waals surface area contributed by atoms with E-state index in [2.05, 4.69) is 29.2 Å². The highest BCUT2D eigenvalue weighted by atomic mass is 32.2. The van der Waals surface area contributed by atoms with Crippen LogP contribution in [0.5, 0.6) is 0 Å². The number of benzene rings is 1. The van der Waals surface area contributed by atoms with Gasteiger partial charge in [0.2, 0.25) is 0 Å². The molecule has 88 valence electrons. The van der Waals surface area contributed by atoms with E-state index in [0.29, 0.717) is 11.0 Å². The molecule has 1 atom stereocenters. The van der Waals surface area contributed by atoms with Gasteiger partial charge in [0.05, 0.1) is 9.90 Å². The maximum atomic E-state index is 5.70. The number of nitrogens with zero attached hydrogens (tertiary/aromatic N) is 1. The van der Waals surface area contributed by atoms with Crippen molar-refractivity contribution in [1.29, 1.82) is 0 Å². The summed E-state index contributed by atoms with van der Waals surface area (Å²) in [6.07, 6.45) is 1.22. The maximum absolute atomic E-state index is 5.70. The lowest BCUT2D eigenvalue weighted by Crippen LogP contribution is -2.18. The zero-order valence-corrected chi connectivity index (χ0v) is 11.3. The molecule has 1 aliphatic carbocycles. The highest BCUT2D eigenvalue weighted by Crippen LogP contribution is 2.40. The smallest absolute Gasteiger partial charge is 0.181 e. The first-order valence-corrected chi connectivity index (χ1v) is 7.48. The van der Waals surface area contributed by atoms with Gasteiger partial charge in [-0.3, -0.25) is 0 Å². The summed E-state index contributed by atoms with van der Waals surface area (Å²) in [5, 5.41) is 0.680. The fourth-order valence-electron chi connectivity index (χ4n) is 2.22. The Morgan fingerprint density at radius 3 is 3.00 bits per heavy atom. The van der Waals surface area contributed by atoms with Crippen LogP contribution in [0, 0.1) is 6.92 Å². The molecule has 0 saturated carbocycles. The van der Waals surface area contributed by atoms with E-state index in [1.165, 1.54) is 21.8 Å². The lowest BCUT2D eigenvalue weighted by atomic mass is 9.79. The van der Waals surface area contributed by atoms with Crippen LogP contribution in [-0.4, -0.2) is 10.7 Å². The molecule has 2 nitrogen and oxygen atoms in total. The molecule has 1 unspecified atom stereocenters. The molecular formula is C13H14N2S2. The van der Waals surface area contributed by atoms with Crippen molar-refractivity contribution < 1.29 is 0 Å². The third-order valence-electron chi connectivity index (χ3n) is 3.15. The van der Waals surface area contributed by atoms with Gasteiger partial charge in [-0.25, -0.2) is 4.98 Å². The first-order chi connectivity index (χ1) is 8.24. The Bertz CT molecular complexity index is 548. The van der Waals surface area contributed by atoms with Crippen LogP contribution in [0.2, 0.25) is 0 Å². The number of nitrogen functional groups attached to an aromatic ring is 1. The summed E-state index contributed by atoms with van der Waals surface area (Å²) in [7, 11) is 0. The molecule has 2 aromatic rings. The van der Waals surface area contributed by atoms with Crippen LogP contribution >= 0.6 is 23.1 Å². The number of fused-ring (bicyclic) bond motifs is 1. The third-order valence-corrected chi connectivity index (χ3v) is 5.66. The van der Waals surface area contributed by atoms with Gasteiger partial charge in [-0.2, -0.15) is 0 Å². The fourth-order valence-corrected chi connectivity index (χ4v) is 4.39. The monoisotopic (exact) mass is 262 g/mol.